The van der Waals surface area contributed by atoms with Gasteiger partial charge < -0.3 is 48.5 Å². The molecule has 31 heavy (non-hydrogen) atoms. The molecule has 0 aliphatic carbocycles. The fourth-order valence-corrected chi connectivity index (χ4v) is 2.18. The number of carbonyl (C=O) groups excluding carboxylic acids is 3. The lowest BCUT2D eigenvalue weighted by molar-refractivity contribution is -0.142. The number of carbonyl (C=O) groups is 5. The maximum Gasteiger partial charge on any atom is 0.326 e. The van der Waals surface area contributed by atoms with Crippen LogP contribution in [0, 0.1) is 0 Å². The van der Waals surface area contributed by atoms with Gasteiger partial charge in [0.05, 0.1) is 19.2 Å². The molecule has 0 aromatic heterocycles. The Labute approximate surface area is 177 Å². The van der Waals surface area contributed by atoms with Crippen molar-refractivity contribution in [2.45, 2.75) is 43.8 Å². The smallest absolute Gasteiger partial charge is 0.326 e. The summed E-state index contributed by atoms with van der Waals surface area (Å²) in [6.45, 7) is -1.26. The third-order valence-electron chi connectivity index (χ3n) is 3.82. The Balaban J connectivity index is 4.55. The predicted octanol–water partition coefficient (Wildman–Crippen LogP) is -4.61. The number of guanidine groups is 1. The van der Waals surface area contributed by atoms with E-state index in [1.165, 1.54) is 0 Å². The quantitative estimate of drug-likeness (QED) is 0.0654. The van der Waals surface area contributed by atoms with Crippen LogP contribution in [-0.4, -0.2) is 88.8 Å². The molecule has 3 amide bonds. The van der Waals surface area contributed by atoms with Gasteiger partial charge >= 0.3 is 11.9 Å². The molecule has 0 aliphatic rings. The second-order valence-corrected chi connectivity index (χ2v) is 6.41. The van der Waals surface area contributed by atoms with Crippen molar-refractivity contribution in [3.05, 3.63) is 0 Å². The highest BCUT2D eigenvalue weighted by Crippen LogP contribution is 1.99. The van der Waals surface area contributed by atoms with Gasteiger partial charge in [0.25, 0.3) is 0 Å². The molecular formula is C16H29N7O8. The van der Waals surface area contributed by atoms with E-state index in [9.17, 15) is 29.1 Å². The van der Waals surface area contributed by atoms with Crippen LogP contribution < -0.4 is 33.2 Å². The first-order chi connectivity index (χ1) is 14.5. The summed E-state index contributed by atoms with van der Waals surface area (Å²) < 4.78 is 0. The van der Waals surface area contributed by atoms with Gasteiger partial charge in [0.1, 0.15) is 12.1 Å². The number of rotatable bonds is 15. The molecule has 0 saturated carbocycles. The van der Waals surface area contributed by atoms with Gasteiger partial charge in [-0.1, -0.05) is 0 Å². The van der Waals surface area contributed by atoms with Gasteiger partial charge in [0.15, 0.2) is 5.96 Å². The standard InChI is InChI=1S/C16H29N7O8/c17-8(3-4-12(26)27)13(28)23-10(7-24)14(29)21-6-11(25)22-9(15(30)31)2-1-5-20-16(18)19/h8-10,24H,1-7,17H2,(H,21,29)(H,22,25)(H,23,28)(H,26,27)(H,30,31)(H4,18,19,20). The first-order valence-electron chi connectivity index (χ1n) is 9.21. The topological polar surface area (TPSA) is 273 Å². The molecule has 0 aromatic rings. The van der Waals surface area contributed by atoms with Gasteiger partial charge in [-0.25, -0.2) is 4.79 Å². The highest BCUT2D eigenvalue weighted by molar-refractivity contribution is 5.92. The molecule has 0 heterocycles. The Morgan fingerprint density at radius 1 is 0.935 bits per heavy atom. The molecule has 0 spiro atoms. The molecule has 3 unspecified atom stereocenters. The minimum atomic E-state index is -1.44. The Morgan fingerprint density at radius 3 is 2.10 bits per heavy atom. The highest BCUT2D eigenvalue weighted by atomic mass is 16.4. The molecule has 0 aliphatic heterocycles. The van der Waals surface area contributed by atoms with Crippen molar-refractivity contribution in [3.63, 3.8) is 0 Å². The van der Waals surface area contributed by atoms with Crippen LogP contribution in [0.25, 0.3) is 0 Å². The summed E-state index contributed by atoms with van der Waals surface area (Å²) in [6.07, 6.45) is -0.220. The van der Waals surface area contributed by atoms with Crippen molar-refractivity contribution in [1.82, 2.24) is 16.0 Å². The van der Waals surface area contributed by atoms with Gasteiger partial charge in [-0.15, -0.1) is 0 Å². The summed E-state index contributed by atoms with van der Waals surface area (Å²) in [5, 5.41) is 33.5. The summed E-state index contributed by atoms with van der Waals surface area (Å²) in [5.74, 6) is -5.18. The normalized spacial score (nSPS) is 13.2. The van der Waals surface area contributed by atoms with Gasteiger partial charge in [0, 0.05) is 13.0 Å². The van der Waals surface area contributed by atoms with Crippen molar-refractivity contribution in [3.8, 4) is 0 Å². The Kier molecular flexibility index (Phi) is 12.9. The van der Waals surface area contributed by atoms with E-state index in [1.807, 2.05) is 0 Å². The average molecular weight is 447 g/mol. The van der Waals surface area contributed by atoms with Crippen LogP contribution in [0.5, 0.6) is 0 Å². The number of carboxylic acids is 2. The van der Waals surface area contributed by atoms with Crippen molar-refractivity contribution >= 4 is 35.6 Å². The van der Waals surface area contributed by atoms with E-state index in [0.717, 1.165) is 0 Å². The third-order valence-corrected chi connectivity index (χ3v) is 3.82. The number of nitrogens with zero attached hydrogens (tertiary/aromatic N) is 1. The maximum atomic E-state index is 12.0. The number of hydrogen-bond donors (Lipinski definition) is 9. The number of hydrogen-bond acceptors (Lipinski definition) is 8. The van der Waals surface area contributed by atoms with E-state index in [-0.39, 0.29) is 38.2 Å². The zero-order valence-corrected chi connectivity index (χ0v) is 16.7. The van der Waals surface area contributed by atoms with E-state index in [4.69, 9.17) is 27.4 Å². The number of aliphatic hydroxyl groups excluding tert-OH is 1. The zero-order chi connectivity index (χ0) is 24.0. The second-order valence-electron chi connectivity index (χ2n) is 6.41. The van der Waals surface area contributed by atoms with Gasteiger partial charge in [-0.2, -0.15) is 0 Å². The second kappa shape index (κ2) is 14.5. The lowest BCUT2D eigenvalue weighted by Gasteiger charge is -2.19. The van der Waals surface area contributed by atoms with E-state index in [0.29, 0.717) is 0 Å². The van der Waals surface area contributed by atoms with Crippen molar-refractivity contribution < 1.29 is 39.3 Å². The fourth-order valence-electron chi connectivity index (χ4n) is 2.18. The van der Waals surface area contributed by atoms with Crippen LogP contribution in [-0.2, 0) is 24.0 Å². The minimum absolute atomic E-state index is 0.0371. The van der Waals surface area contributed by atoms with E-state index >= 15 is 0 Å². The summed E-state index contributed by atoms with van der Waals surface area (Å²) in [7, 11) is 0. The summed E-state index contributed by atoms with van der Waals surface area (Å²) in [5.41, 5.74) is 15.8. The lowest BCUT2D eigenvalue weighted by atomic mass is 10.1. The van der Waals surface area contributed by atoms with Crippen molar-refractivity contribution in [2.24, 2.45) is 22.2 Å². The summed E-state index contributed by atoms with van der Waals surface area (Å²) >= 11 is 0. The van der Waals surface area contributed by atoms with Crippen LogP contribution in [0.2, 0.25) is 0 Å². The van der Waals surface area contributed by atoms with E-state index in [1.54, 1.807) is 0 Å². The largest absolute Gasteiger partial charge is 0.481 e. The number of nitrogens with two attached hydrogens (primary N) is 3. The molecule has 15 heteroatoms. The third kappa shape index (κ3) is 12.7. The molecule has 0 rings (SSSR count). The summed E-state index contributed by atoms with van der Waals surface area (Å²) in [4.78, 5) is 61.2. The van der Waals surface area contributed by atoms with Crippen LogP contribution in [0.1, 0.15) is 25.7 Å². The number of aliphatic hydroxyl groups is 1. The van der Waals surface area contributed by atoms with Crippen molar-refractivity contribution in [2.75, 3.05) is 19.7 Å². The van der Waals surface area contributed by atoms with Crippen molar-refractivity contribution in [1.29, 1.82) is 0 Å². The number of amides is 3. The number of carboxylic acid groups (broad SMARTS) is 2. The molecule has 15 nitrogen and oxygen atoms in total. The lowest BCUT2D eigenvalue weighted by Crippen LogP contribution is -2.54. The van der Waals surface area contributed by atoms with Crippen LogP contribution in [0.15, 0.2) is 4.99 Å². The first kappa shape index (κ1) is 27.5. The van der Waals surface area contributed by atoms with Gasteiger partial charge in [-0.05, 0) is 19.3 Å². The molecule has 0 aromatic carbocycles. The molecule has 12 N–H and O–H groups in total. The van der Waals surface area contributed by atoms with E-state index < -0.39 is 60.9 Å². The minimum Gasteiger partial charge on any atom is -0.481 e. The Morgan fingerprint density at radius 2 is 1.58 bits per heavy atom. The van der Waals surface area contributed by atoms with E-state index in [2.05, 4.69) is 20.9 Å². The predicted molar refractivity (Wildman–Crippen MR) is 106 cm³/mol. The Bertz CT molecular complexity index is 681. The molecule has 176 valence electrons. The number of nitrogens with one attached hydrogen (secondary N) is 3. The molecule has 0 radical (unpaired) electrons. The van der Waals surface area contributed by atoms with Crippen LogP contribution >= 0.6 is 0 Å². The first-order valence-corrected chi connectivity index (χ1v) is 9.21. The Hall–Kier alpha value is -3.46. The average Bonchev–Trinajstić information content (AvgIpc) is 2.69. The molecule has 0 bridgehead atoms. The van der Waals surface area contributed by atoms with Gasteiger partial charge in [0.2, 0.25) is 17.7 Å². The highest BCUT2D eigenvalue weighted by Gasteiger charge is 2.25. The maximum absolute atomic E-state index is 12.0. The zero-order valence-electron chi connectivity index (χ0n) is 16.7. The number of aliphatic carboxylic acids is 2. The molecule has 3 atom stereocenters. The van der Waals surface area contributed by atoms with Crippen LogP contribution in [0.3, 0.4) is 0 Å². The van der Waals surface area contributed by atoms with Crippen LogP contribution in [0.4, 0.5) is 0 Å². The fraction of sp³-hybridized carbons (Fsp3) is 0.625. The molecule has 0 saturated heterocycles. The monoisotopic (exact) mass is 447 g/mol. The van der Waals surface area contributed by atoms with Gasteiger partial charge in [-0.3, -0.25) is 24.2 Å². The number of aliphatic imine (C=N–C) groups is 1. The summed E-state index contributed by atoms with van der Waals surface area (Å²) in [6, 6.07) is -3.89. The SMILES string of the molecule is NC(N)=NCCCC(NC(=O)CNC(=O)C(CO)NC(=O)C(N)CCC(=O)O)C(=O)O. The molecular weight excluding hydrogens is 418 g/mol. The molecule has 0 fully saturated rings.